The molecule has 0 aliphatic heterocycles. The molecule has 1 heterocycles. The number of rotatable bonds is 6. The Kier molecular flexibility index (Phi) is 5.54. The molecule has 0 aliphatic rings. The second-order valence-corrected chi connectivity index (χ2v) is 6.16. The molecular weight excluding hydrogens is 362 g/mol. The van der Waals surface area contributed by atoms with Gasteiger partial charge in [0.2, 0.25) is 0 Å². The van der Waals surface area contributed by atoms with Gasteiger partial charge >= 0.3 is 5.97 Å². The Morgan fingerprint density at radius 3 is 2.52 bits per heavy atom. The summed E-state index contributed by atoms with van der Waals surface area (Å²) >= 11 is 3.43. The second-order valence-electron chi connectivity index (χ2n) is 5.36. The lowest BCUT2D eigenvalue weighted by Crippen LogP contribution is -2.38. The lowest BCUT2D eigenvalue weighted by Gasteiger charge is -2.25. The first-order chi connectivity index (χ1) is 10.9. The number of aromatic amines is 1. The van der Waals surface area contributed by atoms with Gasteiger partial charge in [-0.2, -0.15) is 5.10 Å². The number of nitrogens with one attached hydrogen (secondary N) is 1. The minimum atomic E-state index is -0.933. The molecule has 1 aromatic heterocycles. The number of amides is 1. The molecule has 6 nitrogen and oxygen atoms in total. The summed E-state index contributed by atoms with van der Waals surface area (Å²) in [6.45, 7) is 3.85. The van der Waals surface area contributed by atoms with Gasteiger partial charge in [-0.25, -0.2) is 0 Å². The van der Waals surface area contributed by atoms with Gasteiger partial charge in [0.25, 0.3) is 5.91 Å². The molecule has 1 amide bonds. The lowest BCUT2D eigenvalue weighted by atomic mass is 10.1. The van der Waals surface area contributed by atoms with Gasteiger partial charge in [0.05, 0.1) is 10.9 Å². The Balaban J connectivity index is 2.28. The number of nitrogens with zero attached hydrogens (tertiary/aromatic N) is 2. The molecule has 7 heteroatoms. The monoisotopic (exact) mass is 379 g/mol. The van der Waals surface area contributed by atoms with Crippen molar-refractivity contribution in [3.8, 4) is 11.3 Å². The molecule has 122 valence electrons. The summed E-state index contributed by atoms with van der Waals surface area (Å²) in [5, 5.41) is 15.8. The molecular formula is C16H18BrN3O3. The average molecular weight is 380 g/mol. The van der Waals surface area contributed by atoms with Crippen molar-refractivity contribution in [2.75, 3.05) is 6.54 Å². The molecule has 1 aromatic carbocycles. The smallest absolute Gasteiger partial charge is 0.305 e. The minimum absolute atomic E-state index is 0.0960. The first-order valence-corrected chi connectivity index (χ1v) is 8.03. The molecule has 0 spiro atoms. The third kappa shape index (κ3) is 3.98. The summed E-state index contributed by atoms with van der Waals surface area (Å²) in [6.07, 6.45) is -0.0960. The van der Waals surface area contributed by atoms with Gasteiger partial charge < -0.3 is 10.0 Å². The molecule has 0 fully saturated rings. The molecule has 0 aliphatic carbocycles. The van der Waals surface area contributed by atoms with Crippen molar-refractivity contribution in [2.45, 2.75) is 26.3 Å². The van der Waals surface area contributed by atoms with Crippen LogP contribution < -0.4 is 0 Å². The van der Waals surface area contributed by atoms with Crippen LogP contribution in [0.15, 0.2) is 34.8 Å². The maximum Gasteiger partial charge on any atom is 0.305 e. The third-order valence-electron chi connectivity index (χ3n) is 3.42. The Morgan fingerprint density at radius 1 is 1.30 bits per heavy atom. The molecule has 2 rings (SSSR count). The van der Waals surface area contributed by atoms with E-state index in [2.05, 4.69) is 26.1 Å². The quantitative estimate of drug-likeness (QED) is 0.806. The van der Waals surface area contributed by atoms with Gasteiger partial charge in [-0.1, -0.05) is 30.3 Å². The van der Waals surface area contributed by atoms with Crippen LogP contribution in [0, 0.1) is 0 Å². The van der Waals surface area contributed by atoms with Crippen molar-refractivity contribution in [3.05, 3.63) is 40.5 Å². The van der Waals surface area contributed by atoms with Gasteiger partial charge in [-0.05, 0) is 29.8 Å². The number of halogens is 1. The van der Waals surface area contributed by atoms with Crippen molar-refractivity contribution in [2.24, 2.45) is 0 Å². The zero-order valence-electron chi connectivity index (χ0n) is 12.9. The van der Waals surface area contributed by atoms with Crippen molar-refractivity contribution in [1.82, 2.24) is 15.1 Å². The highest BCUT2D eigenvalue weighted by Crippen LogP contribution is 2.29. The number of hydrogen-bond acceptors (Lipinski definition) is 3. The van der Waals surface area contributed by atoms with E-state index in [9.17, 15) is 9.59 Å². The van der Waals surface area contributed by atoms with E-state index in [0.29, 0.717) is 15.9 Å². The molecule has 2 N–H and O–H groups in total. The molecule has 0 radical (unpaired) electrons. The first-order valence-electron chi connectivity index (χ1n) is 7.24. The summed E-state index contributed by atoms with van der Waals surface area (Å²) in [5.41, 5.74) is 1.86. The Hall–Kier alpha value is -2.15. The highest BCUT2D eigenvalue weighted by atomic mass is 79.9. The molecule has 0 saturated heterocycles. The van der Waals surface area contributed by atoms with Crippen LogP contribution in [0.2, 0.25) is 0 Å². The van der Waals surface area contributed by atoms with Crippen LogP contribution >= 0.6 is 15.9 Å². The summed E-state index contributed by atoms with van der Waals surface area (Å²) in [6, 6.07) is 9.38. The summed E-state index contributed by atoms with van der Waals surface area (Å²) < 4.78 is 0.578. The van der Waals surface area contributed by atoms with E-state index < -0.39 is 5.97 Å². The maximum absolute atomic E-state index is 12.7. The van der Waals surface area contributed by atoms with Crippen molar-refractivity contribution in [1.29, 1.82) is 0 Å². The van der Waals surface area contributed by atoms with Crippen molar-refractivity contribution < 1.29 is 14.7 Å². The predicted molar refractivity (Wildman–Crippen MR) is 90.1 cm³/mol. The molecule has 0 atom stereocenters. The van der Waals surface area contributed by atoms with E-state index >= 15 is 0 Å². The number of carboxylic acid groups (broad SMARTS) is 1. The second kappa shape index (κ2) is 7.41. The van der Waals surface area contributed by atoms with E-state index in [1.165, 1.54) is 4.90 Å². The Bertz CT molecular complexity index is 698. The van der Waals surface area contributed by atoms with Crippen LogP contribution in [0.5, 0.6) is 0 Å². The number of carboxylic acids is 1. The van der Waals surface area contributed by atoms with Crippen LogP contribution in [-0.2, 0) is 4.79 Å². The zero-order chi connectivity index (χ0) is 17.0. The van der Waals surface area contributed by atoms with Gasteiger partial charge in [0.1, 0.15) is 11.4 Å². The summed E-state index contributed by atoms with van der Waals surface area (Å²) in [5.74, 6) is -1.21. The Morgan fingerprint density at radius 2 is 1.96 bits per heavy atom. The first kappa shape index (κ1) is 17.2. The van der Waals surface area contributed by atoms with E-state index in [1.807, 2.05) is 44.2 Å². The third-order valence-corrected chi connectivity index (χ3v) is 4.19. The van der Waals surface area contributed by atoms with Crippen molar-refractivity contribution in [3.63, 3.8) is 0 Å². The lowest BCUT2D eigenvalue weighted by molar-refractivity contribution is -0.137. The summed E-state index contributed by atoms with van der Waals surface area (Å²) in [4.78, 5) is 25.0. The van der Waals surface area contributed by atoms with E-state index in [0.717, 1.165) is 5.56 Å². The number of H-pyrrole nitrogens is 1. The topological polar surface area (TPSA) is 86.3 Å². The molecule has 23 heavy (non-hydrogen) atoms. The summed E-state index contributed by atoms with van der Waals surface area (Å²) in [7, 11) is 0. The average Bonchev–Trinajstić information content (AvgIpc) is 2.89. The standard InChI is InChI=1S/C16H18BrN3O3/c1-10(2)20(9-8-12(21)22)16(23)15-13(17)14(18-19-15)11-6-4-3-5-7-11/h3-7,10H,8-9H2,1-2H3,(H,18,19)(H,21,22). The van der Waals surface area contributed by atoms with Gasteiger partial charge in [-0.3, -0.25) is 14.7 Å². The number of carbonyl (C=O) groups excluding carboxylic acids is 1. The number of aliphatic carboxylic acids is 1. The minimum Gasteiger partial charge on any atom is -0.481 e. The molecule has 0 saturated carbocycles. The number of benzene rings is 1. The van der Waals surface area contributed by atoms with Gasteiger partial charge in [0, 0.05) is 18.2 Å². The SMILES string of the molecule is CC(C)N(CCC(=O)O)C(=O)c1[nH]nc(-c2ccccc2)c1Br. The molecule has 2 aromatic rings. The van der Waals surface area contributed by atoms with E-state index in [4.69, 9.17) is 5.11 Å². The van der Waals surface area contributed by atoms with E-state index in [1.54, 1.807) is 0 Å². The number of hydrogen-bond donors (Lipinski definition) is 2. The maximum atomic E-state index is 12.7. The number of aromatic nitrogens is 2. The fourth-order valence-corrected chi connectivity index (χ4v) is 2.79. The fraction of sp³-hybridized carbons (Fsp3) is 0.312. The normalized spacial score (nSPS) is 10.8. The number of carbonyl (C=O) groups is 2. The zero-order valence-corrected chi connectivity index (χ0v) is 14.5. The highest BCUT2D eigenvalue weighted by molar-refractivity contribution is 9.10. The van der Waals surface area contributed by atoms with Crippen LogP contribution in [0.1, 0.15) is 30.8 Å². The fourth-order valence-electron chi connectivity index (χ4n) is 2.21. The van der Waals surface area contributed by atoms with E-state index in [-0.39, 0.29) is 24.9 Å². The Labute approximate surface area is 142 Å². The van der Waals surface area contributed by atoms with Crippen LogP contribution in [0.3, 0.4) is 0 Å². The highest BCUT2D eigenvalue weighted by Gasteiger charge is 2.25. The largest absolute Gasteiger partial charge is 0.481 e. The van der Waals surface area contributed by atoms with Crippen LogP contribution in [0.4, 0.5) is 0 Å². The van der Waals surface area contributed by atoms with Gasteiger partial charge in [0.15, 0.2) is 0 Å². The van der Waals surface area contributed by atoms with Crippen molar-refractivity contribution >= 4 is 27.8 Å². The van der Waals surface area contributed by atoms with Gasteiger partial charge in [-0.15, -0.1) is 0 Å². The van der Waals surface area contributed by atoms with Crippen LogP contribution in [0.25, 0.3) is 11.3 Å². The van der Waals surface area contributed by atoms with Crippen LogP contribution in [-0.4, -0.2) is 44.7 Å². The molecule has 0 bridgehead atoms. The molecule has 0 unspecified atom stereocenters. The predicted octanol–water partition coefficient (Wildman–Crippen LogP) is 3.16.